The van der Waals surface area contributed by atoms with Crippen molar-refractivity contribution in [3.8, 4) is 0 Å². The molecule has 0 aliphatic carbocycles. The monoisotopic (exact) mass is 257 g/mol. The van der Waals surface area contributed by atoms with Crippen LogP contribution in [0.25, 0.3) is 0 Å². The highest BCUT2D eigenvalue weighted by Gasteiger charge is 2.02. The van der Waals surface area contributed by atoms with E-state index in [0.717, 1.165) is 19.5 Å². The molecule has 0 aliphatic rings. The molecule has 0 unspecified atom stereocenters. The van der Waals surface area contributed by atoms with Crippen molar-refractivity contribution < 1.29 is 0 Å². The van der Waals surface area contributed by atoms with Crippen molar-refractivity contribution in [1.82, 2.24) is 15.1 Å². The molecule has 0 amide bonds. The Labute approximate surface area is 115 Å². The van der Waals surface area contributed by atoms with Crippen molar-refractivity contribution in [2.45, 2.75) is 39.3 Å². The molecule has 1 atom stereocenters. The van der Waals surface area contributed by atoms with E-state index in [0.29, 0.717) is 6.04 Å². The van der Waals surface area contributed by atoms with Gasteiger partial charge in [0.05, 0.1) is 12.7 Å². The molecule has 0 saturated carbocycles. The van der Waals surface area contributed by atoms with Gasteiger partial charge in [-0.3, -0.25) is 4.68 Å². The van der Waals surface area contributed by atoms with Gasteiger partial charge in [-0.1, -0.05) is 30.3 Å². The first-order chi connectivity index (χ1) is 9.24. The van der Waals surface area contributed by atoms with Crippen LogP contribution in [0, 0.1) is 6.92 Å². The van der Waals surface area contributed by atoms with E-state index in [-0.39, 0.29) is 0 Å². The highest BCUT2D eigenvalue weighted by Crippen LogP contribution is 2.04. The lowest BCUT2D eigenvalue weighted by Gasteiger charge is -2.13. The molecule has 0 fully saturated rings. The van der Waals surface area contributed by atoms with Crippen molar-refractivity contribution in [2.75, 3.05) is 6.54 Å². The topological polar surface area (TPSA) is 29.9 Å². The fourth-order valence-corrected chi connectivity index (χ4v) is 2.14. The molecule has 2 aromatic rings. The molecule has 0 aliphatic heterocycles. The minimum atomic E-state index is 0.539. The molecule has 19 heavy (non-hydrogen) atoms. The summed E-state index contributed by atoms with van der Waals surface area (Å²) in [6.45, 7) is 6.22. The molecule has 102 valence electrons. The Morgan fingerprint density at radius 1 is 1.26 bits per heavy atom. The molecule has 1 aromatic carbocycles. The van der Waals surface area contributed by atoms with Gasteiger partial charge in [0.2, 0.25) is 0 Å². The van der Waals surface area contributed by atoms with E-state index in [2.05, 4.69) is 60.8 Å². The summed E-state index contributed by atoms with van der Waals surface area (Å²) < 4.78 is 1.99. The first kappa shape index (κ1) is 13.8. The summed E-state index contributed by atoms with van der Waals surface area (Å²) >= 11 is 0. The molecule has 0 saturated heterocycles. The lowest BCUT2D eigenvalue weighted by atomic mass is 10.1. The molecule has 2 rings (SSSR count). The second kappa shape index (κ2) is 7.10. The van der Waals surface area contributed by atoms with Crippen LogP contribution in [-0.2, 0) is 13.0 Å². The maximum absolute atomic E-state index is 4.28. The van der Waals surface area contributed by atoms with Gasteiger partial charge in [0, 0.05) is 18.8 Å². The highest BCUT2D eigenvalue weighted by molar-refractivity contribution is 5.14. The van der Waals surface area contributed by atoms with E-state index >= 15 is 0 Å². The smallest absolute Gasteiger partial charge is 0.0534 e. The Balaban J connectivity index is 1.63. The van der Waals surface area contributed by atoms with Crippen LogP contribution in [0.2, 0.25) is 0 Å². The maximum atomic E-state index is 4.28. The first-order valence-electron chi connectivity index (χ1n) is 7.00. The number of nitrogens with zero attached hydrogens (tertiary/aromatic N) is 2. The van der Waals surface area contributed by atoms with Crippen LogP contribution < -0.4 is 5.32 Å². The van der Waals surface area contributed by atoms with Crippen molar-refractivity contribution in [1.29, 1.82) is 0 Å². The maximum Gasteiger partial charge on any atom is 0.0534 e. The van der Waals surface area contributed by atoms with Crippen molar-refractivity contribution in [3.63, 3.8) is 0 Å². The summed E-state index contributed by atoms with van der Waals surface area (Å²) in [5, 5.41) is 7.83. The second-order valence-corrected chi connectivity index (χ2v) is 5.16. The third-order valence-electron chi connectivity index (χ3n) is 3.30. The number of aryl methyl sites for hydroxylation is 2. The minimum absolute atomic E-state index is 0.539. The average molecular weight is 257 g/mol. The fraction of sp³-hybridized carbons (Fsp3) is 0.438. The molecule has 1 aromatic heterocycles. The summed E-state index contributed by atoms with van der Waals surface area (Å²) in [7, 11) is 0. The van der Waals surface area contributed by atoms with Crippen LogP contribution in [0.15, 0.2) is 42.7 Å². The summed E-state index contributed by atoms with van der Waals surface area (Å²) in [5.41, 5.74) is 2.64. The summed E-state index contributed by atoms with van der Waals surface area (Å²) in [5.74, 6) is 0. The standard InChI is InChI=1S/C16H23N3/c1-14-12-18-19(13-14)11-10-17-15(2)8-9-16-6-4-3-5-7-16/h3-7,12-13,15,17H,8-11H2,1-2H3/t15-/m1/s1. The fourth-order valence-electron chi connectivity index (χ4n) is 2.14. The van der Waals surface area contributed by atoms with Crippen molar-refractivity contribution >= 4 is 0 Å². The average Bonchev–Trinajstić information content (AvgIpc) is 2.83. The van der Waals surface area contributed by atoms with E-state index < -0.39 is 0 Å². The predicted molar refractivity (Wildman–Crippen MR) is 79.2 cm³/mol. The lowest BCUT2D eigenvalue weighted by molar-refractivity contribution is 0.475. The number of benzene rings is 1. The third kappa shape index (κ3) is 4.87. The second-order valence-electron chi connectivity index (χ2n) is 5.16. The zero-order valence-corrected chi connectivity index (χ0v) is 11.8. The van der Waals surface area contributed by atoms with Gasteiger partial charge < -0.3 is 5.32 Å². The molecule has 0 spiro atoms. The summed E-state index contributed by atoms with van der Waals surface area (Å²) in [4.78, 5) is 0. The van der Waals surface area contributed by atoms with E-state index in [9.17, 15) is 0 Å². The van der Waals surface area contributed by atoms with Crippen molar-refractivity contribution in [2.24, 2.45) is 0 Å². The third-order valence-corrected chi connectivity index (χ3v) is 3.30. The van der Waals surface area contributed by atoms with E-state index in [1.165, 1.54) is 17.5 Å². The number of aromatic nitrogens is 2. The predicted octanol–water partition coefficient (Wildman–Crippen LogP) is 2.80. The molecule has 1 heterocycles. The molecule has 1 N–H and O–H groups in total. The normalized spacial score (nSPS) is 12.5. The Kier molecular flexibility index (Phi) is 5.16. The largest absolute Gasteiger partial charge is 0.312 e. The van der Waals surface area contributed by atoms with Gasteiger partial charge in [-0.05, 0) is 37.8 Å². The zero-order valence-electron chi connectivity index (χ0n) is 11.8. The van der Waals surface area contributed by atoms with Crippen LogP contribution in [0.4, 0.5) is 0 Å². The number of nitrogens with one attached hydrogen (secondary N) is 1. The van der Waals surface area contributed by atoms with Gasteiger partial charge in [0.1, 0.15) is 0 Å². The van der Waals surface area contributed by atoms with Crippen LogP contribution in [0.3, 0.4) is 0 Å². The van der Waals surface area contributed by atoms with Crippen LogP contribution in [0.1, 0.15) is 24.5 Å². The Bertz CT molecular complexity index is 476. The minimum Gasteiger partial charge on any atom is -0.312 e. The zero-order chi connectivity index (χ0) is 13.5. The van der Waals surface area contributed by atoms with Gasteiger partial charge >= 0.3 is 0 Å². The molecule has 3 nitrogen and oxygen atoms in total. The highest BCUT2D eigenvalue weighted by atomic mass is 15.3. The number of hydrogen-bond acceptors (Lipinski definition) is 2. The molecule has 3 heteroatoms. The molecular formula is C16H23N3. The lowest BCUT2D eigenvalue weighted by Crippen LogP contribution is -2.29. The Morgan fingerprint density at radius 3 is 2.74 bits per heavy atom. The van der Waals surface area contributed by atoms with Crippen LogP contribution in [0.5, 0.6) is 0 Å². The molecule has 0 radical (unpaired) electrons. The summed E-state index contributed by atoms with van der Waals surface area (Å²) in [6, 6.07) is 11.2. The van der Waals surface area contributed by atoms with Gasteiger partial charge in [0.25, 0.3) is 0 Å². The van der Waals surface area contributed by atoms with Gasteiger partial charge in [-0.2, -0.15) is 5.10 Å². The van der Waals surface area contributed by atoms with E-state index in [1.54, 1.807) is 0 Å². The number of hydrogen-bond donors (Lipinski definition) is 1. The van der Waals surface area contributed by atoms with Crippen LogP contribution in [-0.4, -0.2) is 22.4 Å². The molecular weight excluding hydrogens is 234 g/mol. The van der Waals surface area contributed by atoms with Gasteiger partial charge in [-0.25, -0.2) is 0 Å². The first-order valence-corrected chi connectivity index (χ1v) is 7.00. The Morgan fingerprint density at radius 2 is 2.05 bits per heavy atom. The van der Waals surface area contributed by atoms with E-state index in [4.69, 9.17) is 0 Å². The van der Waals surface area contributed by atoms with Crippen LogP contribution >= 0.6 is 0 Å². The van der Waals surface area contributed by atoms with E-state index in [1.807, 2.05) is 10.9 Å². The Hall–Kier alpha value is -1.61. The quantitative estimate of drug-likeness (QED) is 0.826. The SMILES string of the molecule is Cc1cnn(CCN[C@H](C)CCc2ccccc2)c1. The molecule has 0 bridgehead atoms. The van der Waals surface area contributed by atoms with Crippen molar-refractivity contribution in [3.05, 3.63) is 53.9 Å². The van der Waals surface area contributed by atoms with Gasteiger partial charge in [0.15, 0.2) is 0 Å². The summed E-state index contributed by atoms with van der Waals surface area (Å²) in [6.07, 6.45) is 6.28. The van der Waals surface area contributed by atoms with Gasteiger partial charge in [-0.15, -0.1) is 0 Å². The number of rotatable bonds is 7.